The predicted octanol–water partition coefficient (Wildman–Crippen LogP) is 2.57. The van der Waals surface area contributed by atoms with Crippen LogP contribution in [0.4, 0.5) is 0 Å². The highest BCUT2D eigenvalue weighted by Gasteiger charge is 2.22. The van der Waals surface area contributed by atoms with E-state index in [1.54, 1.807) is 7.11 Å². The van der Waals surface area contributed by atoms with Crippen LogP contribution in [0.2, 0.25) is 0 Å². The summed E-state index contributed by atoms with van der Waals surface area (Å²) < 4.78 is 5.38. The Labute approximate surface area is 110 Å². The first-order valence-electron chi connectivity index (χ1n) is 6.85. The number of hydrogen-bond donors (Lipinski definition) is 1. The van der Waals surface area contributed by atoms with E-state index in [2.05, 4.69) is 17.9 Å². The summed E-state index contributed by atoms with van der Waals surface area (Å²) in [5.41, 5.74) is 7.45. The average molecular weight is 248 g/mol. The van der Waals surface area contributed by atoms with Crippen LogP contribution in [-0.2, 0) is 0 Å². The molecule has 0 radical (unpaired) electrons. The summed E-state index contributed by atoms with van der Waals surface area (Å²) in [6, 6.07) is 8.74. The van der Waals surface area contributed by atoms with Gasteiger partial charge in [-0.25, -0.2) is 0 Å². The number of nitrogens with two attached hydrogens (primary N) is 1. The Hall–Kier alpha value is -1.06. The molecule has 1 heterocycles. The molecule has 0 saturated carbocycles. The largest absolute Gasteiger partial charge is 0.496 e. The summed E-state index contributed by atoms with van der Waals surface area (Å²) in [5.74, 6) is 0.898. The van der Waals surface area contributed by atoms with Crippen LogP contribution in [-0.4, -0.2) is 31.1 Å². The van der Waals surface area contributed by atoms with Gasteiger partial charge in [-0.05, 0) is 32.4 Å². The van der Waals surface area contributed by atoms with Crippen molar-refractivity contribution in [1.29, 1.82) is 0 Å². The van der Waals surface area contributed by atoms with Gasteiger partial charge in [0.2, 0.25) is 0 Å². The Morgan fingerprint density at radius 2 is 2.17 bits per heavy atom. The van der Waals surface area contributed by atoms with Crippen LogP contribution in [0.3, 0.4) is 0 Å². The van der Waals surface area contributed by atoms with Crippen molar-refractivity contribution in [2.24, 2.45) is 5.73 Å². The summed E-state index contributed by atoms with van der Waals surface area (Å²) in [6.07, 6.45) is 3.93. The molecule has 0 aromatic heterocycles. The number of likely N-dealkylation sites (tertiary alicyclic amines) is 1. The van der Waals surface area contributed by atoms with E-state index in [4.69, 9.17) is 10.5 Å². The molecule has 0 bridgehead atoms. The standard InChI is InChI=1S/C15H24N2O/c1-12-7-5-6-10-17(12)11-14(16)13-8-3-4-9-15(13)18-2/h3-4,8-9,12,14H,5-7,10-11,16H2,1-2H3. The molecule has 2 rings (SSSR count). The molecule has 18 heavy (non-hydrogen) atoms. The van der Waals surface area contributed by atoms with Crippen LogP contribution < -0.4 is 10.5 Å². The molecule has 1 aromatic rings. The van der Waals surface area contributed by atoms with E-state index in [0.29, 0.717) is 6.04 Å². The first-order valence-corrected chi connectivity index (χ1v) is 6.85. The first kappa shape index (κ1) is 13.4. The van der Waals surface area contributed by atoms with Crippen molar-refractivity contribution >= 4 is 0 Å². The molecule has 0 amide bonds. The van der Waals surface area contributed by atoms with Gasteiger partial charge in [0, 0.05) is 24.2 Å². The molecular weight excluding hydrogens is 224 g/mol. The second-order valence-electron chi connectivity index (χ2n) is 5.19. The van der Waals surface area contributed by atoms with Crippen molar-refractivity contribution in [3.8, 4) is 5.75 Å². The van der Waals surface area contributed by atoms with E-state index in [1.807, 2.05) is 18.2 Å². The molecule has 3 nitrogen and oxygen atoms in total. The molecule has 2 atom stereocenters. The van der Waals surface area contributed by atoms with Gasteiger partial charge in [-0.2, -0.15) is 0 Å². The molecule has 1 aromatic carbocycles. The average Bonchev–Trinajstić information content (AvgIpc) is 2.41. The van der Waals surface area contributed by atoms with Crippen LogP contribution in [0.5, 0.6) is 5.75 Å². The van der Waals surface area contributed by atoms with Crippen LogP contribution in [0, 0.1) is 0 Å². The second kappa shape index (κ2) is 6.21. The zero-order valence-corrected chi connectivity index (χ0v) is 11.4. The maximum atomic E-state index is 6.34. The van der Waals surface area contributed by atoms with Crippen molar-refractivity contribution < 1.29 is 4.74 Å². The smallest absolute Gasteiger partial charge is 0.123 e. The molecule has 1 aliphatic rings. The van der Waals surface area contributed by atoms with Gasteiger partial charge in [-0.3, -0.25) is 4.90 Å². The molecule has 0 aliphatic carbocycles. The first-order chi connectivity index (χ1) is 8.72. The Morgan fingerprint density at radius 1 is 1.39 bits per heavy atom. The third kappa shape index (κ3) is 3.03. The summed E-state index contributed by atoms with van der Waals surface area (Å²) in [6.45, 7) is 4.39. The maximum Gasteiger partial charge on any atom is 0.123 e. The fourth-order valence-corrected chi connectivity index (χ4v) is 2.75. The van der Waals surface area contributed by atoms with E-state index in [1.165, 1.54) is 25.8 Å². The van der Waals surface area contributed by atoms with Crippen molar-refractivity contribution in [1.82, 2.24) is 4.90 Å². The molecule has 3 heteroatoms. The van der Waals surface area contributed by atoms with Crippen LogP contribution in [0.15, 0.2) is 24.3 Å². The minimum Gasteiger partial charge on any atom is -0.496 e. The highest BCUT2D eigenvalue weighted by atomic mass is 16.5. The highest BCUT2D eigenvalue weighted by Crippen LogP contribution is 2.26. The molecular formula is C15H24N2O. The number of piperidine rings is 1. The van der Waals surface area contributed by atoms with Crippen LogP contribution in [0.1, 0.15) is 37.8 Å². The minimum absolute atomic E-state index is 0.0294. The van der Waals surface area contributed by atoms with Gasteiger partial charge in [-0.1, -0.05) is 24.6 Å². The third-order valence-corrected chi connectivity index (χ3v) is 3.91. The normalized spacial score (nSPS) is 22.7. The maximum absolute atomic E-state index is 6.34. The van der Waals surface area contributed by atoms with Gasteiger partial charge in [0.15, 0.2) is 0 Å². The Balaban J connectivity index is 2.04. The van der Waals surface area contributed by atoms with E-state index in [-0.39, 0.29) is 6.04 Å². The monoisotopic (exact) mass is 248 g/mol. The van der Waals surface area contributed by atoms with E-state index >= 15 is 0 Å². The molecule has 2 N–H and O–H groups in total. The molecule has 2 unspecified atom stereocenters. The Kier molecular flexibility index (Phi) is 4.61. The number of ether oxygens (including phenoxy) is 1. The number of benzene rings is 1. The molecule has 100 valence electrons. The van der Waals surface area contributed by atoms with Gasteiger partial charge in [0.05, 0.1) is 7.11 Å². The van der Waals surface area contributed by atoms with Gasteiger partial charge < -0.3 is 10.5 Å². The molecule has 1 aliphatic heterocycles. The summed E-state index contributed by atoms with van der Waals surface area (Å²) >= 11 is 0. The molecule has 0 spiro atoms. The van der Waals surface area contributed by atoms with Gasteiger partial charge in [0.1, 0.15) is 5.75 Å². The SMILES string of the molecule is COc1ccccc1C(N)CN1CCCCC1C. The van der Waals surface area contributed by atoms with Gasteiger partial charge in [0.25, 0.3) is 0 Å². The number of rotatable bonds is 4. The minimum atomic E-state index is 0.0294. The quantitative estimate of drug-likeness (QED) is 0.890. The van der Waals surface area contributed by atoms with Gasteiger partial charge >= 0.3 is 0 Å². The lowest BCUT2D eigenvalue weighted by molar-refractivity contribution is 0.151. The Morgan fingerprint density at radius 3 is 2.89 bits per heavy atom. The number of para-hydroxylation sites is 1. The lowest BCUT2D eigenvalue weighted by Gasteiger charge is -2.35. The third-order valence-electron chi connectivity index (χ3n) is 3.91. The van der Waals surface area contributed by atoms with Crippen molar-refractivity contribution in [3.05, 3.63) is 29.8 Å². The zero-order valence-electron chi connectivity index (χ0n) is 11.4. The van der Waals surface area contributed by atoms with Crippen molar-refractivity contribution in [2.45, 2.75) is 38.3 Å². The van der Waals surface area contributed by atoms with E-state index < -0.39 is 0 Å². The van der Waals surface area contributed by atoms with E-state index in [0.717, 1.165) is 17.9 Å². The summed E-state index contributed by atoms with van der Waals surface area (Å²) in [7, 11) is 1.70. The fraction of sp³-hybridized carbons (Fsp3) is 0.600. The number of methoxy groups -OCH3 is 1. The highest BCUT2D eigenvalue weighted by molar-refractivity contribution is 5.35. The summed E-state index contributed by atoms with van der Waals surface area (Å²) in [5, 5.41) is 0. The topological polar surface area (TPSA) is 38.5 Å². The number of hydrogen-bond acceptors (Lipinski definition) is 3. The van der Waals surface area contributed by atoms with Gasteiger partial charge in [-0.15, -0.1) is 0 Å². The Bertz CT molecular complexity index is 381. The molecule has 1 fully saturated rings. The van der Waals surface area contributed by atoms with Crippen molar-refractivity contribution in [2.75, 3.05) is 20.2 Å². The van der Waals surface area contributed by atoms with Crippen molar-refractivity contribution in [3.63, 3.8) is 0 Å². The van der Waals surface area contributed by atoms with Crippen LogP contribution >= 0.6 is 0 Å². The lowest BCUT2D eigenvalue weighted by Crippen LogP contribution is -2.41. The predicted molar refractivity (Wildman–Crippen MR) is 74.8 cm³/mol. The lowest BCUT2D eigenvalue weighted by atomic mass is 10.0. The number of nitrogens with zero attached hydrogens (tertiary/aromatic N) is 1. The van der Waals surface area contributed by atoms with Crippen LogP contribution in [0.25, 0.3) is 0 Å². The molecule has 1 saturated heterocycles. The fourth-order valence-electron chi connectivity index (χ4n) is 2.75. The second-order valence-corrected chi connectivity index (χ2v) is 5.19. The zero-order chi connectivity index (χ0) is 13.0. The summed E-state index contributed by atoms with van der Waals surface area (Å²) in [4.78, 5) is 2.50. The van der Waals surface area contributed by atoms with E-state index in [9.17, 15) is 0 Å².